The number of benzene rings is 1. The maximum absolute atomic E-state index is 12.8. The van der Waals surface area contributed by atoms with Crippen molar-refractivity contribution >= 4 is 27.3 Å². The van der Waals surface area contributed by atoms with Crippen LogP contribution in [-0.2, 0) is 24.1 Å². The highest BCUT2D eigenvalue weighted by Gasteiger charge is 2.26. The Kier molecular flexibility index (Phi) is 4.21. The average molecular weight is 382 g/mol. The molecule has 0 unspecified atom stereocenters. The highest BCUT2D eigenvalue weighted by molar-refractivity contribution is 7.92. The van der Waals surface area contributed by atoms with Crippen LogP contribution in [0.25, 0.3) is 5.69 Å². The highest BCUT2D eigenvalue weighted by Crippen LogP contribution is 2.22. The fourth-order valence-corrected chi connectivity index (χ4v) is 3.99. The first kappa shape index (κ1) is 17.3. The lowest BCUT2D eigenvalue weighted by molar-refractivity contribution is 0.598. The Bertz CT molecular complexity index is 1100. The van der Waals surface area contributed by atoms with E-state index in [2.05, 4.69) is 9.71 Å². The molecule has 0 saturated heterocycles. The number of aryl methyl sites for hydroxylation is 1. The molecule has 3 rings (SSSR count). The zero-order valence-electron chi connectivity index (χ0n) is 13.8. The summed E-state index contributed by atoms with van der Waals surface area (Å²) < 4.78 is 31.8. The Morgan fingerprint density at radius 3 is 2.36 bits per heavy atom. The monoisotopic (exact) mass is 381 g/mol. The maximum Gasteiger partial charge on any atom is 0.296 e. The summed E-state index contributed by atoms with van der Waals surface area (Å²) in [6, 6.07) is 8.93. The van der Waals surface area contributed by atoms with Crippen LogP contribution in [0.3, 0.4) is 0 Å². The first-order chi connectivity index (χ1) is 11.7. The van der Waals surface area contributed by atoms with E-state index < -0.39 is 15.6 Å². The Morgan fingerprint density at radius 1 is 1.16 bits per heavy atom. The molecule has 0 saturated carbocycles. The van der Waals surface area contributed by atoms with E-state index in [-0.39, 0.29) is 15.9 Å². The van der Waals surface area contributed by atoms with Gasteiger partial charge in [0.05, 0.1) is 17.7 Å². The van der Waals surface area contributed by atoms with E-state index in [9.17, 15) is 13.2 Å². The van der Waals surface area contributed by atoms with E-state index in [4.69, 9.17) is 11.6 Å². The summed E-state index contributed by atoms with van der Waals surface area (Å²) in [7, 11) is -0.845. The molecule has 1 aromatic carbocycles. The van der Waals surface area contributed by atoms with Crippen LogP contribution in [0.15, 0.2) is 46.5 Å². The first-order valence-electron chi connectivity index (χ1n) is 7.27. The average Bonchev–Trinajstić information content (AvgIpc) is 3.01. The minimum Gasteiger partial charge on any atom is -0.324 e. The number of anilines is 1. The summed E-state index contributed by atoms with van der Waals surface area (Å²) >= 11 is 5.96. The first-order valence-corrected chi connectivity index (χ1v) is 9.14. The van der Waals surface area contributed by atoms with E-state index in [1.54, 1.807) is 50.0 Å². The number of imidazole rings is 1. The van der Waals surface area contributed by atoms with Crippen molar-refractivity contribution in [2.75, 3.05) is 4.72 Å². The number of nitrogens with one attached hydrogen (secondary N) is 1. The second kappa shape index (κ2) is 6.08. The van der Waals surface area contributed by atoms with Gasteiger partial charge in [0, 0.05) is 14.1 Å². The van der Waals surface area contributed by atoms with Crippen molar-refractivity contribution in [3.63, 3.8) is 0 Å². The fraction of sp³-hybridized carbons (Fsp3) is 0.200. The van der Waals surface area contributed by atoms with Crippen molar-refractivity contribution < 1.29 is 8.42 Å². The van der Waals surface area contributed by atoms with Gasteiger partial charge in [0.15, 0.2) is 0 Å². The Morgan fingerprint density at radius 2 is 1.80 bits per heavy atom. The number of hydrogen-bond acceptors (Lipinski definition) is 4. The van der Waals surface area contributed by atoms with Gasteiger partial charge in [-0.25, -0.2) is 9.67 Å². The predicted octanol–water partition coefficient (Wildman–Crippen LogP) is 1.67. The molecule has 0 aliphatic rings. The van der Waals surface area contributed by atoms with Crippen LogP contribution in [0, 0.1) is 6.92 Å². The second-order valence-electron chi connectivity index (χ2n) is 5.49. The minimum absolute atomic E-state index is 0.0375. The maximum atomic E-state index is 12.8. The van der Waals surface area contributed by atoms with Crippen LogP contribution in [-0.4, -0.2) is 27.3 Å². The molecule has 0 radical (unpaired) electrons. The van der Waals surface area contributed by atoms with Gasteiger partial charge < -0.3 is 4.57 Å². The van der Waals surface area contributed by atoms with Crippen LogP contribution in [0.1, 0.15) is 5.69 Å². The van der Waals surface area contributed by atoms with Gasteiger partial charge in [0.2, 0.25) is 5.03 Å². The summed E-state index contributed by atoms with van der Waals surface area (Å²) in [6.07, 6.45) is 1.29. The molecule has 2 aromatic heterocycles. The molecule has 10 heteroatoms. The van der Waals surface area contributed by atoms with Gasteiger partial charge in [-0.3, -0.25) is 14.2 Å². The number of sulfonamides is 1. The number of nitrogens with zero attached hydrogens (tertiary/aromatic N) is 4. The number of halogens is 1. The molecule has 3 aromatic rings. The van der Waals surface area contributed by atoms with Gasteiger partial charge in [-0.2, -0.15) is 8.42 Å². The van der Waals surface area contributed by atoms with E-state index in [1.807, 2.05) is 6.07 Å². The number of para-hydroxylation sites is 1. The smallest absolute Gasteiger partial charge is 0.296 e. The van der Waals surface area contributed by atoms with Crippen LogP contribution >= 0.6 is 11.6 Å². The molecule has 0 spiro atoms. The molecule has 0 aliphatic carbocycles. The third-order valence-corrected chi connectivity index (χ3v) is 5.72. The molecule has 132 valence electrons. The summed E-state index contributed by atoms with van der Waals surface area (Å²) in [4.78, 5) is 16.6. The second-order valence-corrected chi connectivity index (χ2v) is 7.45. The Balaban J connectivity index is 2.11. The van der Waals surface area contributed by atoms with Crippen molar-refractivity contribution in [2.24, 2.45) is 14.1 Å². The molecular formula is C15H16ClN5O3S. The lowest BCUT2D eigenvalue weighted by Gasteiger charge is -2.07. The van der Waals surface area contributed by atoms with Crippen LogP contribution in [0.4, 0.5) is 5.69 Å². The SMILES string of the molecule is Cc1c(NS(=O)(=O)c2ncn(C)c2Cl)c(=O)n(-c2ccccc2)n1C. The molecule has 0 amide bonds. The third kappa shape index (κ3) is 2.85. The zero-order chi connectivity index (χ0) is 18.4. The fourth-order valence-electron chi connectivity index (χ4n) is 2.44. The standard InChI is InChI=1S/C15H16ClN5O3S/c1-10-12(18-25(23,24)14-13(16)19(2)9-17-14)15(22)21(20(10)3)11-7-5-4-6-8-11/h4-9,18H,1-3H3. The van der Waals surface area contributed by atoms with Crippen LogP contribution < -0.4 is 10.3 Å². The lowest BCUT2D eigenvalue weighted by Crippen LogP contribution is -2.23. The van der Waals surface area contributed by atoms with E-state index in [0.29, 0.717) is 11.4 Å². The van der Waals surface area contributed by atoms with E-state index in [1.165, 1.54) is 15.6 Å². The topological polar surface area (TPSA) is 90.9 Å². The molecule has 0 aliphatic heterocycles. The number of hydrogen-bond donors (Lipinski definition) is 1. The van der Waals surface area contributed by atoms with Gasteiger partial charge in [-0.1, -0.05) is 29.8 Å². The molecule has 0 atom stereocenters. The largest absolute Gasteiger partial charge is 0.324 e. The molecule has 2 heterocycles. The molecule has 1 N–H and O–H groups in total. The van der Waals surface area contributed by atoms with Crippen molar-refractivity contribution in [1.29, 1.82) is 0 Å². The highest BCUT2D eigenvalue weighted by atomic mass is 35.5. The molecule has 25 heavy (non-hydrogen) atoms. The number of aromatic nitrogens is 4. The molecule has 0 bridgehead atoms. The van der Waals surface area contributed by atoms with Crippen LogP contribution in [0.2, 0.25) is 5.15 Å². The van der Waals surface area contributed by atoms with Crippen LogP contribution in [0.5, 0.6) is 0 Å². The Hall–Kier alpha value is -2.52. The van der Waals surface area contributed by atoms with Crippen molar-refractivity contribution in [3.05, 3.63) is 57.9 Å². The normalized spacial score (nSPS) is 11.7. The van der Waals surface area contributed by atoms with Gasteiger partial charge >= 0.3 is 0 Å². The third-order valence-electron chi connectivity index (χ3n) is 3.88. The molecule has 0 fully saturated rings. The Labute approximate surface area is 149 Å². The van der Waals surface area contributed by atoms with E-state index >= 15 is 0 Å². The number of rotatable bonds is 4. The van der Waals surface area contributed by atoms with Crippen molar-refractivity contribution in [3.8, 4) is 5.69 Å². The summed E-state index contributed by atoms with van der Waals surface area (Å²) in [6.45, 7) is 1.65. The van der Waals surface area contributed by atoms with Gasteiger partial charge in [-0.05, 0) is 19.1 Å². The van der Waals surface area contributed by atoms with Gasteiger partial charge in [0.25, 0.3) is 15.6 Å². The van der Waals surface area contributed by atoms with Gasteiger partial charge in [0.1, 0.15) is 10.8 Å². The van der Waals surface area contributed by atoms with E-state index in [0.717, 1.165) is 0 Å². The lowest BCUT2D eigenvalue weighted by atomic mass is 10.3. The molecular weight excluding hydrogens is 366 g/mol. The quantitative estimate of drug-likeness (QED) is 0.744. The van der Waals surface area contributed by atoms with Crippen molar-refractivity contribution in [2.45, 2.75) is 11.9 Å². The van der Waals surface area contributed by atoms with Gasteiger partial charge in [-0.15, -0.1) is 0 Å². The predicted molar refractivity (Wildman–Crippen MR) is 94.8 cm³/mol. The zero-order valence-corrected chi connectivity index (χ0v) is 15.3. The summed E-state index contributed by atoms with van der Waals surface area (Å²) in [5, 5.41) is -0.366. The molecule has 8 nitrogen and oxygen atoms in total. The minimum atomic E-state index is -4.09. The summed E-state index contributed by atoms with van der Waals surface area (Å²) in [5.41, 5.74) is 0.554. The van der Waals surface area contributed by atoms with Crippen molar-refractivity contribution in [1.82, 2.24) is 18.9 Å². The summed E-state index contributed by atoms with van der Waals surface area (Å²) in [5.74, 6) is 0.